The molecule has 2 N–H and O–H groups in total. The fourth-order valence-electron chi connectivity index (χ4n) is 2.36. The fraction of sp³-hybridized carbons (Fsp3) is 0.316. The van der Waals surface area contributed by atoms with Crippen molar-refractivity contribution in [3.8, 4) is 5.75 Å². The molecule has 0 heterocycles. The Balaban J connectivity index is 2.04. The summed E-state index contributed by atoms with van der Waals surface area (Å²) in [7, 11) is 0. The Morgan fingerprint density at radius 2 is 1.91 bits per heavy atom. The van der Waals surface area contributed by atoms with Gasteiger partial charge in [-0.1, -0.05) is 49.4 Å². The van der Waals surface area contributed by atoms with Crippen molar-refractivity contribution in [2.24, 2.45) is 0 Å². The molecule has 1 unspecified atom stereocenters. The van der Waals surface area contributed by atoms with Crippen molar-refractivity contribution in [1.82, 2.24) is 5.32 Å². The highest BCUT2D eigenvalue weighted by molar-refractivity contribution is 5.81. The molecule has 1 amide bonds. The minimum Gasteiger partial charge on any atom is -0.481 e. The highest BCUT2D eigenvalue weighted by atomic mass is 16.5. The lowest BCUT2D eigenvalue weighted by Gasteiger charge is -2.22. The van der Waals surface area contributed by atoms with Crippen LogP contribution in [0.3, 0.4) is 0 Å². The van der Waals surface area contributed by atoms with E-state index in [1.165, 1.54) is 0 Å². The number of amides is 1. The molecule has 4 nitrogen and oxygen atoms in total. The van der Waals surface area contributed by atoms with Crippen LogP contribution in [0.5, 0.6) is 5.75 Å². The molecule has 0 aromatic heterocycles. The first-order chi connectivity index (χ1) is 11.1. The Morgan fingerprint density at radius 1 is 1.17 bits per heavy atom. The van der Waals surface area contributed by atoms with Crippen LogP contribution < -0.4 is 10.1 Å². The first-order valence-electron chi connectivity index (χ1n) is 7.83. The van der Waals surface area contributed by atoms with E-state index >= 15 is 0 Å². The van der Waals surface area contributed by atoms with Crippen LogP contribution in [0.2, 0.25) is 0 Å². The number of ether oxygens (including phenoxy) is 1. The second-order valence-corrected chi connectivity index (χ2v) is 5.49. The van der Waals surface area contributed by atoms with Gasteiger partial charge in [-0.25, -0.2) is 0 Å². The SMILES string of the molecule is CCC(Oc1cccc(C)c1)C(=O)N[C@H](CO)c1ccccc1. The van der Waals surface area contributed by atoms with Gasteiger partial charge in [-0.2, -0.15) is 0 Å². The lowest BCUT2D eigenvalue weighted by molar-refractivity contribution is -0.129. The Hall–Kier alpha value is -2.33. The number of hydrogen-bond acceptors (Lipinski definition) is 3. The van der Waals surface area contributed by atoms with Gasteiger partial charge in [0, 0.05) is 0 Å². The van der Waals surface area contributed by atoms with Crippen LogP contribution in [0, 0.1) is 6.92 Å². The van der Waals surface area contributed by atoms with E-state index in [0.717, 1.165) is 11.1 Å². The molecule has 0 spiro atoms. The molecule has 0 radical (unpaired) electrons. The van der Waals surface area contributed by atoms with Crippen LogP contribution in [0.1, 0.15) is 30.5 Å². The summed E-state index contributed by atoms with van der Waals surface area (Å²) in [5, 5.41) is 12.4. The van der Waals surface area contributed by atoms with Crippen LogP contribution in [0.25, 0.3) is 0 Å². The van der Waals surface area contributed by atoms with Gasteiger partial charge in [0.25, 0.3) is 5.91 Å². The zero-order valence-electron chi connectivity index (χ0n) is 13.5. The Morgan fingerprint density at radius 3 is 2.52 bits per heavy atom. The van der Waals surface area contributed by atoms with E-state index in [4.69, 9.17) is 4.74 Å². The van der Waals surface area contributed by atoms with E-state index in [9.17, 15) is 9.90 Å². The van der Waals surface area contributed by atoms with Gasteiger partial charge in [0.2, 0.25) is 0 Å². The molecular formula is C19H23NO3. The predicted octanol–water partition coefficient (Wildman–Crippen LogP) is 3.00. The first-order valence-corrected chi connectivity index (χ1v) is 7.83. The third-order valence-corrected chi connectivity index (χ3v) is 3.63. The molecule has 0 bridgehead atoms. The molecule has 0 saturated heterocycles. The number of benzene rings is 2. The third kappa shape index (κ3) is 4.83. The average Bonchev–Trinajstić information content (AvgIpc) is 2.58. The summed E-state index contributed by atoms with van der Waals surface area (Å²) in [6.45, 7) is 3.72. The molecule has 2 atom stereocenters. The van der Waals surface area contributed by atoms with Crippen LogP contribution in [0.4, 0.5) is 0 Å². The Bertz CT molecular complexity index is 628. The molecule has 0 saturated carbocycles. The normalized spacial score (nSPS) is 13.2. The highest BCUT2D eigenvalue weighted by Gasteiger charge is 2.22. The summed E-state index contributed by atoms with van der Waals surface area (Å²) >= 11 is 0. The van der Waals surface area contributed by atoms with E-state index in [0.29, 0.717) is 12.2 Å². The van der Waals surface area contributed by atoms with Gasteiger partial charge in [-0.15, -0.1) is 0 Å². The van der Waals surface area contributed by atoms with Gasteiger partial charge < -0.3 is 15.2 Å². The monoisotopic (exact) mass is 313 g/mol. The number of carbonyl (C=O) groups excluding carboxylic acids is 1. The van der Waals surface area contributed by atoms with Crippen molar-refractivity contribution in [3.63, 3.8) is 0 Å². The summed E-state index contributed by atoms with van der Waals surface area (Å²) < 4.78 is 5.79. The van der Waals surface area contributed by atoms with Crippen LogP contribution in [-0.4, -0.2) is 23.7 Å². The standard InChI is InChI=1S/C19H23NO3/c1-3-18(23-16-11-7-8-14(2)12-16)19(22)20-17(13-21)15-9-5-4-6-10-15/h4-12,17-18,21H,3,13H2,1-2H3,(H,20,22)/t17-,18?/m1/s1. The predicted molar refractivity (Wildman–Crippen MR) is 90.3 cm³/mol. The van der Waals surface area contributed by atoms with E-state index in [2.05, 4.69) is 5.32 Å². The number of carbonyl (C=O) groups is 1. The zero-order valence-corrected chi connectivity index (χ0v) is 13.5. The number of aliphatic hydroxyl groups excluding tert-OH is 1. The molecule has 2 aromatic rings. The molecule has 23 heavy (non-hydrogen) atoms. The molecule has 0 aliphatic rings. The van der Waals surface area contributed by atoms with E-state index < -0.39 is 12.1 Å². The zero-order chi connectivity index (χ0) is 16.7. The second kappa shape index (κ2) is 8.34. The molecule has 122 valence electrons. The average molecular weight is 313 g/mol. The molecule has 0 fully saturated rings. The molecule has 2 rings (SSSR count). The van der Waals surface area contributed by atoms with Crippen molar-refractivity contribution in [3.05, 3.63) is 65.7 Å². The molecule has 4 heteroatoms. The molecule has 0 aliphatic heterocycles. The lowest BCUT2D eigenvalue weighted by Crippen LogP contribution is -2.41. The lowest BCUT2D eigenvalue weighted by atomic mass is 10.1. The Labute approximate surface area is 137 Å². The minimum absolute atomic E-state index is 0.156. The summed E-state index contributed by atoms with van der Waals surface area (Å²) in [5.74, 6) is 0.448. The van der Waals surface area contributed by atoms with E-state index in [1.54, 1.807) is 0 Å². The van der Waals surface area contributed by atoms with Gasteiger partial charge in [0.05, 0.1) is 12.6 Å². The summed E-state index contributed by atoms with van der Waals surface area (Å²) in [4.78, 5) is 12.5. The van der Waals surface area contributed by atoms with Gasteiger partial charge in [0.15, 0.2) is 6.10 Å². The maximum absolute atomic E-state index is 12.5. The molecule has 2 aromatic carbocycles. The van der Waals surface area contributed by atoms with E-state index in [1.807, 2.05) is 68.4 Å². The van der Waals surface area contributed by atoms with Gasteiger partial charge in [-0.3, -0.25) is 4.79 Å². The Kier molecular flexibility index (Phi) is 6.18. The highest BCUT2D eigenvalue weighted by Crippen LogP contribution is 2.17. The van der Waals surface area contributed by atoms with Gasteiger partial charge in [0.1, 0.15) is 5.75 Å². The van der Waals surface area contributed by atoms with Crippen LogP contribution >= 0.6 is 0 Å². The molecular weight excluding hydrogens is 290 g/mol. The van der Waals surface area contributed by atoms with Crippen molar-refractivity contribution >= 4 is 5.91 Å². The van der Waals surface area contributed by atoms with E-state index in [-0.39, 0.29) is 12.5 Å². The van der Waals surface area contributed by atoms with Gasteiger partial charge in [-0.05, 0) is 36.6 Å². The smallest absolute Gasteiger partial charge is 0.261 e. The largest absolute Gasteiger partial charge is 0.481 e. The first kappa shape index (κ1) is 17.0. The van der Waals surface area contributed by atoms with Crippen LogP contribution in [-0.2, 0) is 4.79 Å². The van der Waals surface area contributed by atoms with Crippen molar-refractivity contribution in [2.45, 2.75) is 32.4 Å². The number of rotatable bonds is 7. The topological polar surface area (TPSA) is 58.6 Å². The van der Waals surface area contributed by atoms with Crippen LogP contribution in [0.15, 0.2) is 54.6 Å². The summed E-state index contributed by atoms with van der Waals surface area (Å²) in [6.07, 6.45) is -0.0400. The quantitative estimate of drug-likeness (QED) is 0.826. The number of hydrogen-bond donors (Lipinski definition) is 2. The summed E-state index contributed by atoms with van der Waals surface area (Å²) in [6, 6.07) is 16.6. The molecule has 0 aliphatic carbocycles. The number of aryl methyl sites for hydroxylation is 1. The van der Waals surface area contributed by atoms with Crippen molar-refractivity contribution in [2.75, 3.05) is 6.61 Å². The third-order valence-electron chi connectivity index (χ3n) is 3.63. The minimum atomic E-state index is -0.588. The maximum Gasteiger partial charge on any atom is 0.261 e. The number of nitrogens with one attached hydrogen (secondary N) is 1. The fourth-order valence-corrected chi connectivity index (χ4v) is 2.36. The maximum atomic E-state index is 12.5. The van der Waals surface area contributed by atoms with Crippen molar-refractivity contribution < 1.29 is 14.6 Å². The second-order valence-electron chi connectivity index (χ2n) is 5.49. The van der Waals surface area contributed by atoms with Crippen molar-refractivity contribution in [1.29, 1.82) is 0 Å². The summed E-state index contributed by atoms with van der Waals surface area (Å²) in [5.41, 5.74) is 1.95. The number of aliphatic hydroxyl groups is 1. The van der Waals surface area contributed by atoms with Gasteiger partial charge >= 0.3 is 0 Å².